The molecule has 0 aromatic carbocycles. The maximum atomic E-state index is 4.50. The highest BCUT2D eigenvalue weighted by Gasteiger charge is 1.78. The molecule has 0 aliphatic heterocycles. The summed E-state index contributed by atoms with van der Waals surface area (Å²) >= 11 is 0. The summed E-state index contributed by atoms with van der Waals surface area (Å²) in [5, 5.41) is 0. The highest BCUT2D eigenvalue weighted by molar-refractivity contribution is 4.75. The molecule has 0 aromatic heterocycles. The van der Waals surface area contributed by atoms with Crippen LogP contribution in [0.3, 0.4) is 0 Å². The molecule has 2 N–H and O–H groups in total. The number of allylic oxidation sites excluding steroid dienone is 2. The van der Waals surface area contributed by atoms with Crippen LogP contribution in [0.2, 0.25) is 0 Å². The SMILES string of the molecule is C.C/C=C\CCCCC.C=C.CC.CCC.CCC.CCCC.CN.[HH]. The van der Waals surface area contributed by atoms with Crippen molar-refractivity contribution in [3.05, 3.63) is 25.3 Å². The van der Waals surface area contributed by atoms with E-state index in [4.69, 9.17) is 0 Å². The van der Waals surface area contributed by atoms with Gasteiger partial charge >= 0.3 is 0 Å². The van der Waals surface area contributed by atoms with Crippen molar-refractivity contribution in [1.82, 2.24) is 0 Å². The molecule has 0 fully saturated rings. The molecule has 0 saturated carbocycles. The van der Waals surface area contributed by atoms with Crippen LogP contribution < -0.4 is 5.73 Å². The summed E-state index contributed by atoms with van der Waals surface area (Å²) in [5.74, 6) is 0. The van der Waals surface area contributed by atoms with Crippen LogP contribution in [0.15, 0.2) is 25.3 Å². The Balaban J connectivity index is -0.0000000200. The molecule has 0 rings (SSSR count). The van der Waals surface area contributed by atoms with Crippen molar-refractivity contribution < 1.29 is 1.43 Å². The number of unbranched alkanes of at least 4 members (excludes halogenated alkanes) is 4. The third-order valence-corrected chi connectivity index (χ3v) is 1.71. The van der Waals surface area contributed by atoms with Crippen molar-refractivity contribution >= 4 is 0 Å². The topological polar surface area (TPSA) is 26.0 Å². The molecule has 0 atom stereocenters. The summed E-state index contributed by atoms with van der Waals surface area (Å²) in [6.07, 6.45) is 14.8. The fourth-order valence-corrected chi connectivity index (χ4v) is 0.679. The van der Waals surface area contributed by atoms with Gasteiger partial charge in [0, 0.05) is 1.43 Å². The van der Waals surface area contributed by atoms with Crippen molar-refractivity contribution in [1.29, 1.82) is 0 Å². The Kier molecular flexibility index (Phi) is 263. The Bertz CT molecular complexity index is 111. The van der Waals surface area contributed by atoms with E-state index in [-0.39, 0.29) is 8.85 Å². The van der Waals surface area contributed by atoms with Crippen LogP contribution in [0.1, 0.15) is 129 Å². The van der Waals surface area contributed by atoms with E-state index in [0.717, 1.165) is 0 Å². The number of hydrogen-bond acceptors (Lipinski definition) is 1. The van der Waals surface area contributed by atoms with Gasteiger partial charge in [0.15, 0.2) is 0 Å². The Morgan fingerprint density at radius 2 is 1.00 bits per heavy atom. The first-order valence-electron chi connectivity index (χ1n) is 10.3. The molecule has 0 aromatic rings. The zero-order chi connectivity index (χ0) is 21.1. The minimum absolute atomic E-state index is 0. The average molecular weight is 366 g/mol. The van der Waals surface area contributed by atoms with Crippen LogP contribution >= 0.6 is 0 Å². The second-order valence-electron chi connectivity index (χ2n) is 4.48. The summed E-state index contributed by atoms with van der Waals surface area (Å²) in [7, 11) is 1.50. The number of rotatable bonds is 5. The summed E-state index contributed by atoms with van der Waals surface area (Å²) in [6, 6.07) is 0. The number of hydrogen-bond donors (Lipinski definition) is 1. The molecule has 0 spiro atoms. The summed E-state index contributed by atoms with van der Waals surface area (Å²) in [4.78, 5) is 0. The molecule has 0 aliphatic carbocycles. The fourth-order valence-electron chi connectivity index (χ4n) is 0.679. The van der Waals surface area contributed by atoms with E-state index < -0.39 is 0 Å². The molecule has 25 heavy (non-hydrogen) atoms. The zero-order valence-electron chi connectivity index (χ0n) is 19.8. The fraction of sp³-hybridized carbons (Fsp3) is 0.833. The highest BCUT2D eigenvalue weighted by Crippen LogP contribution is 1.98. The van der Waals surface area contributed by atoms with Crippen LogP contribution in [0.4, 0.5) is 0 Å². The molecule has 0 unspecified atom stereocenters. The van der Waals surface area contributed by atoms with Gasteiger partial charge in [-0.3, -0.25) is 0 Å². The van der Waals surface area contributed by atoms with Gasteiger partial charge in [-0.25, -0.2) is 0 Å². The zero-order valence-corrected chi connectivity index (χ0v) is 19.8. The Morgan fingerprint density at radius 3 is 1.16 bits per heavy atom. The van der Waals surface area contributed by atoms with E-state index in [2.05, 4.69) is 86.4 Å². The predicted octanol–water partition coefficient (Wildman–Crippen LogP) is 10.1. The Hall–Kier alpha value is -0.560. The largest absolute Gasteiger partial charge is 0.333 e. The highest BCUT2D eigenvalue weighted by atomic mass is 14.4. The molecular weight excluding hydrogens is 302 g/mol. The third-order valence-electron chi connectivity index (χ3n) is 1.71. The van der Waals surface area contributed by atoms with Gasteiger partial charge in [-0.05, 0) is 26.8 Å². The van der Waals surface area contributed by atoms with Crippen molar-refractivity contribution in [2.45, 2.75) is 128 Å². The molecule has 164 valence electrons. The maximum Gasteiger partial charge on any atom is 0 e. The van der Waals surface area contributed by atoms with Crippen LogP contribution in [0.5, 0.6) is 0 Å². The molecule has 0 amide bonds. The van der Waals surface area contributed by atoms with Crippen molar-refractivity contribution in [3.63, 3.8) is 0 Å². The first-order chi connectivity index (χ1) is 11.7. The second kappa shape index (κ2) is 132. The average Bonchev–Trinajstić information content (AvgIpc) is 2.65. The summed E-state index contributed by atoms with van der Waals surface area (Å²) < 4.78 is 0. The van der Waals surface area contributed by atoms with Gasteiger partial charge in [0.05, 0.1) is 0 Å². The van der Waals surface area contributed by atoms with Crippen molar-refractivity contribution in [3.8, 4) is 0 Å². The van der Waals surface area contributed by atoms with Gasteiger partial charge in [0.2, 0.25) is 0 Å². The molecular formula is C24H63N. The lowest BCUT2D eigenvalue weighted by Gasteiger charge is -1.88. The monoisotopic (exact) mass is 365 g/mol. The summed E-state index contributed by atoms with van der Waals surface area (Å²) in [6.45, 7) is 27.2. The van der Waals surface area contributed by atoms with Crippen molar-refractivity contribution in [2.24, 2.45) is 5.73 Å². The van der Waals surface area contributed by atoms with E-state index in [1.807, 2.05) is 13.8 Å². The van der Waals surface area contributed by atoms with E-state index >= 15 is 0 Å². The Labute approximate surface area is 168 Å². The molecule has 0 radical (unpaired) electrons. The minimum atomic E-state index is 0. The summed E-state index contributed by atoms with van der Waals surface area (Å²) in [5.41, 5.74) is 4.50. The van der Waals surface area contributed by atoms with Crippen molar-refractivity contribution in [2.75, 3.05) is 7.05 Å². The van der Waals surface area contributed by atoms with Crippen LogP contribution in [0, 0.1) is 0 Å². The smallest absolute Gasteiger partial charge is 0 e. The molecule has 0 aliphatic rings. The normalized spacial score (nSPS) is 6.72. The van der Waals surface area contributed by atoms with Gasteiger partial charge in [-0.15, -0.1) is 13.2 Å². The van der Waals surface area contributed by atoms with E-state index in [0.29, 0.717) is 0 Å². The van der Waals surface area contributed by atoms with Crippen LogP contribution in [-0.4, -0.2) is 7.05 Å². The van der Waals surface area contributed by atoms with E-state index in [1.165, 1.54) is 58.4 Å². The molecule has 1 nitrogen and oxygen atoms in total. The molecule has 0 heterocycles. The number of nitrogens with two attached hydrogens (primary N) is 1. The third kappa shape index (κ3) is 364. The maximum absolute atomic E-state index is 4.50. The van der Waals surface area contributed by atoms with E-state index in [1.54, 1.807) is 0 Å². The first-order valence-corrected chi connectivity index (χ1v) is 10.3. The molecule has 0 bridgehead atoms. The lowest BCUT2D eigenvalue weighted by Crippen LogP contribution is -1.69. The van der Waals surface area contributed by atoms with Gasteiger partial charge in [-0.1, -0.05) is 120 Å². The van der Waals surface area contributed by atoms with Crippen LogP contribution in [-0.2, 0) is 0 Å². The minimum Gasteiger partial charge on any atom is -0.333 e. The lowest BCUT2D eigenvalue weighted by atomic mass is 10.2. The predicted molar refractivity (Wildman–Crippen MR) is 133 cm³/mol. The van der Waals surface area contributed by atoms with E-state index in [9.17, 15) is 0 Å². The second-order valence-corrected chi connectivity index (χ2v) is 4.48. The Morgan fingerprint density at radius 1 is 0.720 bits per heavy atom. The van der Waals surface area contributed by atoms with Gasteiger partial charge in [-0.2, -0.15) is 0 Å². The van der Waals surface area contributed by atoms with Gasteiger partial charge in [0.25, 0.3) is 0 Å². The lowest BCUT2D eigenvalue weighted by molar-refractivity contribution is 0.729. The standard InChI is InChI=1S/C8H16.C4H10.2C3H8.C2H6.C2H4.CH5N.CH4.H2/c1-3-5-7-8-6-4-2;1-3-4-2;2*1-3-2;3*1-2;;/h3,5H,4,6-8H2,1-2H3;3-4H2,1-2H3;2*3H2,1-2H3;1-2H3;1-2H2;2H2,1H3;1H4;1H/b5-3-;;;;;;;;. The van der Waals surface area contributed by atoms with Gasteiger partial charge < -0.3 is 5.73 Å². The molecule has 0 saturated heterocycles. The molecule has 1 heteroatoms. The van der Waals surface area contributed by atoms with Gasteiger partial charge in [0.1, 0.15) is 0 Å². The van der Waals surface area contributed by atoms with Crippen LogP contribution in [0.25, 0.3) is 0 Å². The quantitative estimate of drug-likeness (QED) is 0.380. The first kappa shape index (κ1) is 49.7.